The van der Waals surface area contributed by atoms with Gasteiger partial charge in [0.2, 0.25) is 0 Å². The largest absolute Gasteiger partial charge is 0.409 e. The summed E-state index contributed by atoms with van der Waals surface area (Å²) >= 11 is 0. The summed E-state index contributed by atoms with van der Waals surface area (Å²) < 4.78 is 13.1. The van der Waals surface area contributed by atoms with Gasteiger partial charge in [0.25, 0.3) is 0 Å². The maximum atomic E-state index is 13.1. The fourth-order valence-electron chi connectivity index (χ4n) is 0.930. The van der Waals surface area contributed by atoms with E-state index < -0.39 is 5.82 Å². The molecule has 1 rings (SSSR count). The zero-order valence-corrected chi connectivity index (χ0v) is 9.32. The minimum Gasteiger partial charge on any atom is -0.409 e. The predicted octanol–water partition coefficient (Wildman–Crippen LogP) is 1.22. The molecule has 7 heteroatoms. The SMILES string of the molecule is Cl.Cl.NCc1ccc(C(N)=NO)cc1F. The summed E-state index contributed by atoms with van der Waals surface area (Å²) in [6.07, 6.45) is 0. The zero-order valence-electron chi connectivity index (χ0n) is 7.68. The predicted molar refractivity (Wildman–Crippen MR) is 61.3 cm³/mol. The first-order valence-electron chi connectivity index (χ1n) is 3.65. The summed E-state index contributed by atoms with van der Waals surface area (Å²) in [5.74, 6) is -0.575. The minimum absolute atomic E-state index is 0. The van der Waals surface area contributed by atoms with Crippen LogP contribution in [0.1, 0.15) is 11.1 Å². The highest BCUT2D eigenvalue weighted by Gasteiger charge is 2.04. The van der Waals surface area contributed by atoms with Crippen molar-refractivity contribution >= 4 is 30.6 Å². The number of rotatable bonds is 2. The third-order valence-corrected chi connectivity index (χ3v) is 1.68. The van der Waals surface area contributed by atoms with Crippen molar-refractivity contribution in [3.05, 3.63) is 35.1 Å². The fourth-order valence-corrected chi connectivity index (χ4v) is 0.930. The summed E-state index contributed by atoms with van der Waals surface area (Å²) in [6, 6.07) is 4.22. The first-order valence-corrected chi connectivity index (χ1v) is 3.65. The highest BCUT2D eigenvalue weighted by molar-refractivity contribution is 5.97. The van der Waals surface area contributed by atoms with Gasteiger partial charge in [-0.15, -0.1) is 24.8 Å². The van der Waals surface area contributed by atoms with Gasteiger partial charge in [0.1, 0.15) is 5.82 Å². The van der Waals surface area contributed by atoms with E-state index >= 15 is 0 Å². The number of benzene rings is 1. The van der Waals surface area contributed by atoms with Crippen molar-refractivity contribution in [3.63, 3.8) is 0 Å². The topological polar surface area (TPSA) is 84.6 Å². The highest BCUT2D eigenvalue weighted by atomic mass is 35.5. The van der Waals surface area contributed by atoms with Gasteiger partial charge in [0, 0.05) is 17.7 Å². The van der Waals surface area contributed by atoms with Crippen molar-refractivity contribution in [1.29, 1.82) is 0 Å². The van der Waals surface area contributed by atoms with E-state index in [0.717, 1.165) is 0 Å². The maximum absolute atomic E-state index is 13.1. The molecule has 86 valence electrons. The third-order valence-electron chi connectivity index (χ3n) is 1.68. The van der Waals surface area contributed by atoms with Crippen LogP contribution in [0.2, 0.25) is 0 Å². The van der Waals surface area contributed by atoms with Gasteiger partial charge < -0.3 is 16.7 Å². The van der Waals surface area contributed by atoms with Gasteiger partial charge in [-0.25, -0.2) is 4.39 Å². The zero-order chi connectivity index (χ0) is 9.84. The number of nitrogens with two attached hydrogens (primary N) is 2. The molecule has 0 aromatic heterocycles. The van der Waals surface area contributed by atoms with Crippen LogP contribution in [-0.4, -0.2) is 11.0 Å². The number of amidine groups is 1. The average Bonchev–Trinajstić information content (AvgIpc) is 2.16. The van der Waals surface area contributed by atoms with Gasteiger partial charge in [-0.2, -0.15) is 0 Å². The molecule has 0 unspecified atom stereocenters. The summed E-state index contributed by atoms with van der Waals surface area (Å²) in [7, 11) is 0. The molecular formula is C8H12Cl2FN3O. The van der Waals surface area contributed by atoms with Crippen LogP contribution < -0.4 is 11.5 Å². The third kappa shape index (κ3) is 3.91. The lowest BCUT2D eigenvalue weighted by Gasteiger charge is -2.02. The average molecular weight is 256 g/mol. The molecule has 15 heavy (non-hydrogen) atoms. The second-order valence-electron chi connectivity index (χ2n) is 2.50. The number of oxime groups is 1. The molecule has 5 N–H and O–H groups in total. The van der Waals surface area contributed by atoms with Gasteiger partial charge in [-0.1, -0.05) is 17.3 Å². The molecule has 0 heterocycles. The Bertz CT molecular complexity index is 347. The Labute approximate surface area is 99.0 Å². The van der Waals surface area contributed by atoms with E-state index in [0.29, 0.717) is 11.1 Å². The number of halogens is 3. The normalized spacial score (nSPS) is 10.1. The summed E-state index contributed by atoms with van der Waals surface area (Å²) in [6.45, 7) is 0.127. The van der Waals surface area contributed by atoms with Crippen LogP contribution in [0.3, 0.4) is 0 Å². The number of hydrogen-bond acceptors (Lipinski definition) is 3. The molecule has 0 bridgehead atoms. The molecule has 0 radical (unpaired) electrons. The Balaban J connectivity index is 0. The van der Waals surface area contributed by atoms with E-state index in [1.165, 1.54) is 12.1 Å². The second-order valence-corrected chi connectivity index (χ2v) is 2.50. The van der Waals surface area contributed by atoms with Crippen molar-refractivity contribution in [3.8, 4) is 0 Å². The van der Waals surface area contributed by atoms with Gasteiger partial charge >= 0.3 is 0 Å². The van der Waals surface area contributed by atoms with Crippen molar-refractivity contribution in [2.45, 2.75) is 6.54 Å². The molecule has 0 fully saturated rings. The van der Waals surface area contributed by atoms with Crippen molar-refractivity contribution < 1.29 is 9.60 Å². The van der Waals surface area contributed by atoms with Crippen LogP contribution >= 0.6 is 24.8 Å². The quantitative estimate of drug-likeness (QED) is 0.322. The minimum atomic E-state index is -0.452. The molecule has 0 aliphatic rings. The van der Waals surface area contributed by atoms with Crippen molar-refractivity contribution in [1.82, 2.24) is 0 Å². The molecule has 4 nitrogen and oxygen atoms in total. The van der Waals surface area contributed by atoms with Gasteiger partial charge in [0.05, 0.1) is 0 Å². The lowest BCUT2D eigenvalue weighted by Crippen LogP contribution is -2.14. The molecule has 0 aliphatic heterocycles. The Morgan fingerprint density at radius 3 is 2.40 bits per heavy atom. The molecule has 0 amide bonds. The maximum Gasteiger partial charge on any atom is 0.170 e. The highest BCUT2D eigenvalue weighted by Crippen LogP contribution is 2.09. The number of hydrogen-bond donors (Lipinski definition) is 3. The number of nitrogens with zero attached hydrogens (tertiary/aromatic N) is 1. The van der Waals surface area contributed by atoms with Crippen LogP contribution in [-0.2, 0) is 6.54 Å². The second kappa shape index (κ2) is 7.28. The van der Waals surface area contributed by atoms with E-state index in [4.69, 9.17) is 16.7 Å². The Hall–Kier alpha value is -1.04. The molecule has 1 aromatic carbocycles. The van der Waals surface area contributed by atoms with Crippen LogP contribution in [0.5, 0.6) is 0 Å². The van der Waals surface area contributed by atoms with Crippen LogP contribution in [0.25, 0.3) is 0 Å². The van der Waals surface area contributed by atoms with E-state index in [1.54, 1.807) is 6.07 Å². The van der Waals surface area contributed by atoms with Gasteiger partial charge in [-0.3, -0.25) is 0 Å². The first kappa shape index (κ1) is 16.4. The smallest absolute Gasteiger partial charge is 0.170 e. The van der Waals surface area contributed by atoms with Gasteiger partial charge in [-0.05, 0) is 6.07 Å². The van der Waals surface area contributed by atoms with E-state index in [9.17, 15) is 4.39 Å². The monoisotopic (exact) mass is 255 g/mol. The van der Waals surface area contributed by atoms with Crippen LogP contribution in [0.15, 0.2) is 23.4 Å². The fraction of sp³-hybridized carbons (Fsp3) is 0.125. The first-order chi connectivity index (χ1) is 6.19. The van der Waals surface area contributed by atoms with Crippen LogP contribution in [0, 0.1) is 5.82 Å². The van der Waals surface area contributed by atoms with Crippen LogP contribution in [0.4, 0.5) is 4.39 Å². The summed E-state index contributed by atoms with van der Waals surface area (Å²) in [5.41, 5.74) is 11.2. The van der Waals surface area contributed by atoms with Gasteiger partial charge in [0.15, 0.2) is 5.84 Å². The molecule has 0 spiro atoms. The molecule has 0 atom stereocenters. The molecular weight excluding hydrogens is 244 g/mol. The molecule has 1 aromatic rings. The molecule has 0 aliphatic carbocycles. The Kier molecular flexibility index (Phi) is 7.95. The Morgan fingerprint density at radius 2 is 2.00 bits per heavy atom. The van der Waals surface area contributed by atoms with E-state index in [1.807, 2.05) is 0 Å². The van der Waals surface area contributed by atoms with E-state index in [-0.39, 0.29) is 37.2 Å². The van der Waals surface area contributed by atoms with E-state index in [2.05, 4.69) is 5.16 Å². The standard InChI is InChI=1S/C8H10FN3O.2ClH/c9-7-3-5(8(11)12-13)1-2-6(7)4-10;;/h1-3,13H,4,10H2,(H2,11,12);2*1H. The summed E-state index contributed by atoms with van der Waals surface area (Å²) in [4.78, 5) is 0. The Morgan fingerprint density at radius 1 is 1.40 bits per heavy atom. The lowest BCUT2D eigenvalue weighted by molar-refractivity contribution is 0.318. The molecule has 0 saturated heterocycles. The van der Waals surface area contributed by atoms with Crippen molar-refractivity contribution in [2.24, 2.45) is 16.6 Å². The molecule has 0 saturated carbocycles. The summed E-state index contributed by atoms with van der Waals surface area (Å²) in [5, 5.41) is 11.1. The van der Waals surface area contributed by atoms with Crippen molar-refractivity contribution in [2.75, 3.05) is 0 Å². The lowest BCUT2D eigenvalue weighted by atomic mass is 10.1.